The average Bonchev–Trinajstić information content (AvgIpc) is 3.03. The predicted octanol–water partition coefficient (Wildman–Crippen LogP) is 1.07. The van der Waals surface area contributed by atoms with Crippen molar-refractivity contribution in [1.82, 2.24) is 30.0 Å². The Balaban J connectivity index is 1.71. The molecule has 1 fully saturated rings. The number of amides is 1. The van der Waals surface area contributed by atoms with Crippen LogP contribution in [0.15, 0.2) is 12.3 Å². The van der Waals surface area contributed by atoms with Gasteiger partial charge in [-0.25, -0.2) is 15.0 Å². The third kappa shape index (κ3) is 3.53. The van der Waals surface area contributed by atoms with Crippen LogP contribution in [0.4, 0.5) is 0 Å². The molecule has 8 heteroatoms. The molecule has 0 aliphatic carbocycles. The fourth-order valence-corrected chi connectivity index (χ4v) is 2.53. The topological polar surface area (TPSA) is 96.9 Å². The molecule has 0 unspecified atom stereocenters. The second-order valence-corrected chi connectivity index (χ2v) is 5.49. The van der Waals surface area contributed by atoms with Gasteiger partial charge in [0.25, 0.3) is 5.91 Å². The molecule has 23 heavy (non-hydrogen) atoms. The van der Waals surface area contributed by atoms with Gasteiger partial charge in [-0.2, -0.15) is 5.10 Å². The fourth-order valence-electron chi connectivity index (χ4n) is 2.53. The molecule has 0 saturated carbocycles. The lowest BCUT2D eigenvalue weighted by molar-refractivity contribution is -0.0268. The lowest BCUT2D eigenvalue weighted by atomic mass is 10.2. The summed E-state index contributed by atoms with van der Waals surface area (Å²) in [6.07, 6.45) is 3.14. The van der Waals surface area contributed by atoms with Crippen LogP contribution >= 0.6 is 0 Å². The number of H-pyrrole nitrogens is 1. The lowest BCUT2D eigenvalue weighted by Gasteiger charge is -2.31. The van der Waals surface area contributed by atoms with Gasteiger partial charge in [0.1, 0.15) is 23.4 Å². The smallest absolute Gasteiger partial charge is 0.272 e. The molecule has 1 N–H and O–H groups in total. The molecular formula is C15H20N6O2. The summed E-state index contributed by atoms with van der Waals surface area (Å²) in [5, 5.41) is 7.14. The number of carbonyl (C=O) groups excluding carboxylic acids is 1. The van der Waals surface area contributed by atoms with Crippen molar-refractivity contribution < 1.29 is 9.53 Å². The summed E-state index contributed by atoms with van der Waals surface area (Å²) in [6, 6.07) is 1.63. The first-order chi connectivity index (χ1) is 11.2. The van der Waals surface area contributed by atoms with Crippen molar-refractivity contribution in [2.24, 2.45) is 0 Å². The Morgan fingerprint density at radius 1 is 1.48 bits per heavy atom. The van der Waals surface area contributed by atoms with Gasteiger partial charge >= 0.3 is 0 Å². The maximum atomic E-state index is 12.6. The van der Waals surface area contributed by atoms with Crippen LogP contribution in [0, 0.1) is 6.92 Å². The molecule has 1 saturated heterocycles. The lowest BCUT2D eigenvalue weighted by Crippen LogP contribution is -2.42. The molecule has 122 valence electrons. The largest absolute Gasteiger partial charge is 0.366 e. The number of hydrogen-bond donors (Lipinski definition) is 1. The molecule has 8 nitrogen and oxygen atoms in total. The van der Waals surface area contributed by atoms with E-state index in [9.17, 15) is 4.79 Å². The standard InChI is InChI=1S/C15H20N6O2/c1-3-4-13-18-14(20-19-13)12-9-21(7-8-23-12)15(22)11-5-6-16-10(2)17-11/h5-6,12H,3-4,7-9H2,1-2H3,(H,18,19,20)/t12-/m0/s1. The average molecular weight is 316 g/mol. The molecule has 3 rings (SSSR count). The highest BCUT2D eigenvalue weighted by molar-refractivity contribution is 5.92. The van der Waals surface area contributed by atoms with Gasteiger partial charge in [-0.3, -0.25) is 9.89 Å². The van der Waals surface area contributed by atoms with E-state index in [4.69, 9.17) is 4.74 Å². The summed E-state index contributed by atoms with van der Waals surface area (Å²) >= 11 is 0. The molecule has 0 bridgehead atoms. The Labute approximate surface area is 134 Å². The Morgan fingerprint density at radius 3 is 3.13 bits per heavy atom. The van der Waals surface area contributed by atoms with Gasteiger partial charge < -0.3 is 9.64 Å². The second-order valence-electron chi connectivity index (χ2n) is 5.49. The first-order valence-electron chi connectivity index (χ1n) is 7.79. The molecule has 2 aromatic heterocycles. The Hall–Kier alpha value is -2.35. The minimum Gasteiger partial charge on any atom is -0.366 e. The van der Waals surface area contributed by atoms with Gasteiger partial charge in [0.2, 0.25) is 0 Å². The van der Waals surface area contributed by atoms with Crippen LogP contribution < -0.4 is 0 Å². The van der Waals surface area contributed by atoms with E-state index in [0.717, 1.165) is 18.7 Å². The molecular weight excluding hydrogens is 296 g/mol. The first-order valence-corrected chi connectivity index (χ1v) is 7.79. The summed E-state index contributed by atoms with van der Waals surface area (Å²) in [5.41, 5.74) is 0.403. The quantitative estimate of drug-likeness (QED) is 0.906. The van der Waals surface area contributed by atoms with E-state index in [2.05, 4.69) is 32.1 Å². The second kappa shape index (κ2) is 6.82. The van der Waals surface area contributed by atoms with E-state index in [-0.39, 0.29) is 12.0 Å². The SMILES string of the molecule is CCCc1nc([C@@H]2CN(C(=O)c3ccnc(C)n3)CCO2)n[nH]1. The van der Waals surface area contributed by atoms with Crippen molar-refractivity contribution >= 4 is 5.91 Å². The third-order valence-corrected chi connectivity index (χ3v) is 3.67. The monoisotopic (exact) mass is 316 g/mol. The summed E-state index contributed by atoms with van der Waals surface area (Å²) in [6.45, 7) is 5.26. The molecule has 1 amide bonds. The number of ether oxygens (including phenoxy) is 1. The minimum atomic E-state index is -0.308. The van der Waals surface area contributed by atoms with Gasteiger partial charge in [0.15, 0.2) is 5.82 Å². The van der Waals surface area contributed by atoms with E-state index in [1.165, 1.54) is 0 Å². The van der Waals surface area contributed by atoms with Crippen LogP contribution in [0.2, 0.25) is 0 Å². The number of morpholine rings is 1. The number of carbonyl (C=O) groups is 1. The number of nitrogens with one attached hydrogen (secondary N) is 1. The number of rotatable bonds is 4. The first kappa shape index (κ1) is 15.5. The van der Waals surface area contributed by atoms with Crippen LogP contribution in [0.25, 0.3) is 0 Å². The molecule has 0 radical (unpaired) electrons. The summed E-state index contributed by atoms with van der Waals surface area (Å²) in [5.74, 6) is 1.91. The van der Waals surface area contributed by atoms with E-state index in [0.29, 0.717) is 37.0 Å². The molecule has 3 heterocycles. The van der Waals surface area contributed by atoms with Gasteiger partial charge in [-0.15, -0.1) is 0 Å². The van der Waals surface area contributed by atoms with Crippen molar-refractivity contribution in [1.29, 1.82) is 0 Å². The Kier molecular flexibility index (Phi) is 4.61. The zero-order chi connectivity index (χ0) is 16.2. The highest BCUT2D eigenvalue weighted by atomic mass is 16.5. The van der Waals surface area contributed by atoms with E-state index in [1.54, 1.807) is 24.1 Å². The molecule has 0 spiro atoms. The molecule has 0 aromatic carbocycles. The highest BCUT2D eigenvalue weighted by Gasteiger charge is 2.29. The van der Waals surface area contributed by atoms with Crippen molar-refractivity contribution in [2.45, 2.75) is 32.8 Å². The fraction of sp³-hybridized carbons (Fsp3) is 0.533. The maximum Gasteiger partial charge on any atom is 0.272 e. The van der Waals surface area contributed by atoms with Gasteiger partial charge in [-0.1, -0.05) is 6.92 Å². The van der Waals surface area contributed by atoms with Crippen molar-refractivity contribution in [3.8, 4) is 0 Å². The Morgan fingerprint density at radius 2 is 2.35 bits per heavy atom. The summed E-state index contributed by atoms with van der Waals surface area (Å²) in [4.78, 5) is 27.0. The normalized spacial score (nSPS) is 18.2. The molecule has 2 aromatic rings. The highest BCUT2D eigenvalue weighted by Crippen LogP contribution is 2.20. The van der Waals surface area contributed by atoms with Crippen molar-refractivity contribution in [3.05, 3.63) is 35.4 Å². The number of aromatic nitrogens is 5. The summed E-state index contributed by atoms with van der Waals surface area (Å²) < 4.78 is 5.72. The van der Waals surface area contributed by atoms with Crippen LogP contribution in [0.1, 0.15) is 47.4 Å². The van der Waals surface area contributed by atoms with Gasteiger partial charge in [0.05, 0.1) is 13.2 Å². The number of aryl methyl sites for hydroxylation is 2. The molecule has 1 atom stereocenters. The maximum absolute atomic E-state index is 12.6. The number of hydrogen-bond acceptors (Lipinski definition) is 6. The van der Waals surface area contributed by atoms with E-state index < -0.39 is 0 Å². The zero-order valence-electron chi connectivity index (χ0n) is 13.3. The molecule has 1 aliphatic heterocycles. The van der Waals surface area contributed by atoms with Crippen LogP contribution in [-0.2, 0) is 11.2 Å². The van der Waals surface area contributed by atoms with Gasteiger partial charge in [0, 0.05) is 19.2 Å². The summed E-state index contributed by atoms with van der Waals surface area (Å²) in [7, 11) is 0. The molecule has 1 aliphatic rings. The van der Waals surface area contributed by atoms with Gasteiger partial charge in [-0.05, 0) is 19.4 Å². The van der Waals surface area contributed by atoms with Crippen molar-refractivity contribution in [2.75, 3.05) is 19.7 Å². The zero-order valence-corrected chi connectivity index (χ0v) is 13.3. The number of nitrogens with zero attached hydrogens (tertiary/aromatic N) is 5. The van der Waals surface area contributed by atoms with Crippen LogP contribution in [0.3, 0.4) is 0 Å². The third-order valence-electron chi connectivity index (χ3n) is 3.67. The van der Waals surface area contributed by atoms with E-state index >= 15 is 0 Å². The van der Waals surface area contributed by atoms with Crippen LogP contribution in [0.5, 0.6) is 0 Å². The minimum absolute atomic E-state index is 0.117. The number of aromatic amines is 1. The van der Waals surface area contributed by atoms with E-state index in [1.807, 2.05) is 0 Å². The predicted molar refractivity (Wildman–Crippen MR) is 81.7 cm³/mol. The Bertz CT molecular complexity index is 686. The van der Waals surface area contributed by atoms with Crippen LogP contribution in [-0.4, -0.2) is 55.7 Å². The van der Waals surface area contributed by atoms with Crippen molar-refractivity contribution in [3.63, 3.8) is 0 Å².